The first-order valence-electron chi connectivity index (χ1n) is 6.13. The van der Waals surface area contributed by atoms with Crippen molar-refractivity contribution in [3.05, 3.63) is 0 Å². The van der Waals surface area contributed by atoms with Gasteiger partial charge in [0.15, 0.2) is 0 Å². The molecule has 0 aliphatic heterocycles. The average molecular weight is 300 g/mol. The van der Waals surface area contributed by atoms with Crippen LogP contribution in [0.5, 0.6) is 0 Å². The molecule has 0 saturated carbocycles. The standard InChI is InChI=1S/C12H26S2.Zn/c13-11-9-7-5-3-1-2-4-6-8-10-12-14;/h13-14H,1-12H2;. The predicted molar refractivity (Wildman–Crippen MR) is 73.9 cm³/mol. The molecule has 0 bridgehead atoms. The van der Waals surface area contributed by atoms with Gasteiger partial charge < -0.3 is 0 Å². The van der Waals surface area contributed by atoms with Crippen molar-refractivity contribution in [2.45, 2.75) is 64.2 Å². The molecule has 0 heterocycles. The molecule has 0 aromatic heterocycles. The van der Waals surface area contributed by atoms with Crippen LogP contribution in [-0.2, 0) is 19.5 Å². The van der Waals surface area contributed by atoms with Crippen LogP contribution in [-0.4, -0.2) is 11.5 Å². The van der Waals surface area contributed by atoms with Crippen LogP contribution in [0.25, 0.3) is 0 Å². The zero-order valence-electron chi connectivity index (χ0n) is 10.1. The Hall–Kier alpha value is 1.32. The van der Waals surface area contributed by atoms with Gasteiger partial charge in [-0.1, -0.05) is 51.4 Å². The minimum atomic E-state index is 0. The van der Waals surface area contributed by atoms with E-state index in [2.05, 4.69) is 25.3 Å². The van der Waals surface area contributed by atoms with Crippen LogP contribution in [0.15, 0.2) is 0 Å². The summed E-state index contributed by atoms with van der Waals surface area (Å²) in [4.78, 5) is 0. The molecule has 0 atom stereocenters. The van der Waals surface area contributed by atoms with Gasteiger partial charge in [-0.05, 0) is 24.3 Å². The fourth-order valence-electron chi connectivity index (χ4n) is 1.64. The topological polar surface area (TPSA) is 0 Å². The molecule has 3 heteroatoms. The van der Waals surface area contributed by atoms with Gasteiger partial charge in [-0.25, -0.2) is 0 Å². The zero-order chi connectivity index (χ0) is 10.5. The molecule has 0 radical (unpaired) electrons. The molecule has 0 nitrogen and oxygen atoms in total. The Morgan fingerprint density at radius 2 is 0.600 bits per heavy atom. The van der Waals surface area contributed by atoms with E-state index in [1.165, 1.54) is 64.2 Å². The van der Waals surface area contributed by atoms with E-state index in [1.807, 2.05) is 0 Å². The maximum Gasteiger partial charge on any atom is 0 e. The first-order valence-corrected chi connectivity index (χ1v) is 7.40. The van der Waals surface area contributed by atoms with E-state index in [4.69, 9.17) is 0 Å². The van der Waals surface area contributed by atoms with Gasteiger partial charge in [0, 0.05) is 19.5 Å². The van der Waals surface area contributed by atoms with E-state index in [-0.39, 0.29) is 19.5 Å². The molecule has 0 amide bonds. The van der Waals surface area contributed by atoms with Crippen molar-refractivity contribution in [1.29, 1.82) is 0 Å². The van der Waals surface area contributed by atoms with Gasteiger partial charge in [-0.2, -0.15) is 25.3 Å². The van der Waals surface area contributed by atoms with Gasteiger partial charge in [0.1, 0.15) is 0 Å². The summed E-state index contributed by atoms with van der Waals surface area (Å²) >= 11 is 8.41. The Balaban J connectivity index is 0. The monoisotopic (exact) mass is 298 g/mol. The van der Waals surface area contributed by atoms with Crippen LogP contribution in [0.4, 0.5) is 0 Å². The number of hydrogen-bond acceptors (Lipinski definition) is 2. The molecule has 0 aromatic rings. The Labute approximate surface area is 120 Å². The molecule has 0 N–H and O–H groups in total. The summed E-state index contributed by atoms with van der Waals surface area (Å²) in [6.45, 7) is 0. The van der Waals surface area contributed by atoms with E-state index in [0.29, 0.717) is 0 Å². The molecular weight excluding hydrogens is 274 g/mol. The Morgan fingerprint density at radius 3 is 0.800 bits per heavy atom. The molecule has 0 aliphatic carbocycles. The van der Waals surface area contributed by atoms with Gasteiger partial charge in [-0.15, -0.1) is 0 Å². The van der Waals surface area contributed by atoms with E-state index in [9.17, 15) is 0 Å². The van der Waals surface area contributed by atoms with Crippen LogP contribution < -0.4 is 0 Å². The summed E-state index contributed by atoms with van der Waals surface area (Å²) < 4.78 is 0. The Kier molecular flexibility index (Phi) is 22.1. The molecule has 0 unspecified atom stereocenters. The summed E-state index contributed by atoms with van der Waals surface area (Å²) in [6.07, 6.45) is 13.9. The number of unbranched alkanes of at least 4 members (excludes halogenated alkanes) is 9. The predicted octanol–water partition coefficient (Wildman–Crippen LogP) is 4.74. The second-order valence-corrected chi connectivity index (χ2v) is 4.88. The average Bonchev–Trinajstić information content (AvgIpc) is 2.21. The number of hydrogen-bond donors (Lipinski definition) is 2. The van der Waals surface area contributed by atoms with Gasteiger partial charge >= 0.3 is 0 Å². The number of rotatable bonds is 11. The maximum absolute atomic E-state index is 4.21. The maximum atomic E-state index is 4.21. The van der Waals surface area contributed by atoms with Crippen molar-refractivity contribution in [2.24, 2.45) is 0 Å². The molecule has 0 aromatic carbocycles. The summed E-state index contributed by atoms with van der Waals surface area (Å²) in [5.74, 6) is 2.12. The minimum Gasteiger partial charge on any atom is -0.179 e. The van der Waals surface area contributed by atoms with Gasteiger partial charge in [-0.3, -0.25) is 0 Å². The van der Waals surface area contributed by atoms with Crippen LogP contribution in [0, 0.1) is 0 Å². The zero-order valence-corrected chi connectivity index (χ0v) is 14.8. The summed E-state index contributed by atoms with van der Waals surface area (Å²) in [5.41, 5.74) is 0. The van der Waals surface area contributed by atoms with Crippen molar-refractivity contribution in [2.75, 3.05) is 11.5 Å². The van der Waals surface area contributed by atoms with Crippen molar-refractivity contribution < 1.29 is 19.5 Å². The van der Waals surface area contributed by atoms with Crippen LogP contribution in [0.2, 0.25) is 0 Å². The first kappa shape index (κ1) is 18.7. The molecule has 0 spiro atoms. The fourth-order valence-corrected chi connectivity index (χ4v) is 2.09. The Bertz CT molecular complexity index is 87.6. The van der Waals surface area contributed by atoms with Gasteiger partial charge in [0.2, 0.25) is 0 Å². The second-order valence-electron chi connectivity index (χ2n) is 3.98. The van der Waals surface area contributed by atoms with E-state index in [1.54, 1.807) is 0 Å². The first-order chi connectivity index (χ1) is 6.91. The molecule has 0 saturated heterocycles. The molecule has 15 heavy (non-hydrogen) atoms. The Morgan fingerprint density at radius 1 is 0.400 bits per heavy atom. The molecule has 0 aliphatic rings. The quantitative estimate of drug-likeness (QED) is 0.307. The number of thiol groups is 2. The fraction of sp³-hybridized carbons (Fsp3) is 1.00. The molecule has 0 fully saturated rings. The summed E-state index contributed by atoms with van der Waals surface area (Å²) in [7, 11) is 0. The van der Waals surface area contributed by atoms with E-state index < -0.39 is 0 Å². The smallest absolute Gasteiger partial charge is 0 e. The SMILES string of the molecule is SCCCCCCCCCCCCS.[Zn]. The van der Waals surface area contributed by atoms with Gasteiger partial charge in [0.05, 0.1) is 0 Å². The van der Waals surface area contributed by atoms with Crippen molar-refractivity contribution >= 4 is 25.3 Å². The third-order valence-corrected chi connectivity index (χ3v) is 3.20. The van der Waals surface area contributed by atoms with Crippen molar-refractivity contribution in [3.63, 3.8) is 0 Å². The summed E-state index contributed by atoms with van der Waals surface area (Å²) in [6, 6.07) is 0. The second kappa shape index (κ2) is 17.7. The van der Waals surface area contributed by atoms with Gasteiger partial charge in [0.25, 0.3) is 0 Å². The van der Waals surface area contributed by atoms with Crippen LogP contribution >= 0.6 is 25.3 Å². The van der Waals surface area contributed by atoms with E-state index >= 15 is 0 Å². The molecular formula is C12H26S2Zn. The van der Waals surface area contributed by atoms with Crippen LogP contribution in [0.3, 0.4) is 0 Å². The minimum absolute atomic E-state index is 0. The molecule has 0 rings (SSSR count). The largest absolute Gasteiger partial charge is 0.179 e. The van der Waals surface area contributed by atoms with Crippen LogP contribution in [0.1, 0.15) is 64.2 Å². The van der Waals surface area contributed by atoms with E-state index in [0.717, 1.165) is 11.5 Å². The van der Waals surface area contributed by atoms with Crippen molar-refractivity contribution in [1.82, 2.24) is 0 Å². The summed E-state index contributed by atoms with van der Waals surface area (Å²) in [5, 5.41) is 0. The third kappa shape index (κ3) is 17.9. The molecule has 88 valence electrons. The van der Waals surface area contributed by atoms with Crippen molar-refractivity contribution in [3.8, 4) is 0 Å². The third-order valence-electron chi connectivity index (χ3n) is 2.57. The normalized spacial score (nSPS) is 10.0.